The van der Waals surface area contributed by atoms with E-state index in [2.05, 4.69) is 20.7 Å². The number of nitrogens with zero attached hydrogens (tertiary/aromatic N) is 3. The third-order valence-corrected chi connectivity index (χ3v) is 5.32. The highest BCUT2D eigenvalue weighted by molar-refractivity contribution is 6.07. The minimum absolute atomic E-state index is 0.0470. The first-order valence-electron chi connectivity index (χ1n) is 10.9. The highest BCUT2D eigenvalue weighted by Gasteiger charge is 2.29. The number of hydrogen-bond donors (Lipinski definition) is 4. The first-order valence-corrected chi connectivity index (χ1v) is 10.9. The van der Waals surface area contributed by atoms with Crippen molar-refractivity contribution in [3.05, 3.63) is 72.2 Å². The zero-order valence-electron chi connectivity index (χ0n) is 19.1. The molecule has 2 aromatic carbocycles. The summed E-state index contributed by atoms with van der Waals surface area (Å²) in [5.74, 6) is -0.895. The van der Waals surface area contributed by atoms with Crippen molar-refractivity contribution in [1.29, 1.82) is 0 Å². The Morgan fingerprint density at radius 2 is 1.78 bits per heavy atom. The molecule has 9 nitrogen and oxygen atoms in total. The summed E-state index contributed by atoms with van der Waals surface area (Å²) < 4.78 is 39.2. The molecule has 0 fully saturated rings. The van der Waals surface area contributed by atoms with Gasteiger partial charge in [-0.2, -0.15) is 18.3 Å². The minimum Gasteiger partial charge on any atom is -0.382 e. The topological polar surface area (TPSA) is 126 Å². The van der Waals surface area contributed by atoms with Crippen LogP contribution in [-0.2, 0) is 6.42 Å². The molecule has 36 heavy (non-hydrogen) atoms. The monoisotopic (exact) mass is 497 g/mol. The molecule has 4 aromatic rings. The number of alkyl halides is 3. The van der Waals surface area contributed by atoms with Gasteiger partial charge in [0.15, 0.2) is 5.82 Å². The van der Waals surface area contributed by atoms with Gasteiger partial charge in [-0.1, -0.05) is 31.2 Å². The molecule has 0 saturated heterocycles. The molecule has 0 unspecified atom stereocenters. The van der Waals surface area contributed by atoms with Crippen molar-refractivity contribution < 1.29 is 22.8 Å². The maximum absolute atomic E-state index is 12.6. The Labute approximate surface area is 203 Å². The molecule has 3 amide bonds. The van der Waals surface area contributed by atoms with Gasteiger partial charge in [-0.3, -0.25) is 4.79 Å². The average Bonchev–Trinajstić information content (AvgIpc) is 3.24. The Morgan fingerprint density at radius 3 is 2.47 bits per heavy atom. The molecule has 0 saturated carbocycles. The lowest BCUT2D eigenvalue weighted by molar-refractivity contribution is -0.123. The fourth-order valence-electron chi connectivity index (χ4n) is 3.66. The van der Waals surface area contributed by atoms with Gasteiger partial charge in [0.2, 0.25) is 0 Å². The summed E-state index contributed by atoms with van der Waals surface area (Å²) in [4.78, 5) is 29.0. The van der Waals surface area contributed by atoms with Crippen LogP contribution in [-0.4, -0.2) is 39.3 Å². The van der Waals surface area contributed by atoms with E-state index in [4.69, 9.17) is 5.73 Å². The van der Waals surface area contributed by atoms with Crippen LogP contribution in [0.4, 0.5) is 35.2 Å². The van der Waals surface area contributed by atoms with Gasteiger partial charge in [0.05, 0.1) is 5.56 Å². The van der Waals surface area contributed by atoms with E-state index in [1.54, 1.807) is 30.3 Å². The van der Waals surface area contributed by atoms with Crippen molar-refractivity contribution in [3.8, 4) is 11.1 Å². The number of rotatable bonds is 6. The quantitative estimate of drug-likeness (QED) is 0.313. The Kier molecular flexibility index (Phi) is 6.77. The number of halogens is 3. The number of fused-ring (bicyclic) bond motifs is 1. The van der Waals surface area contributed by atoms with Crippen LogP contribution in [0, 0.1) is 0 Å². The second-order valence-corrected chi connectivity index (χ2v) is 7.86. The third kappa shape index (κ3) is 5.54. The lowest BCUT2D eigenvalue weighted by Crippen LogP contribution is -2.33. The van der Waals surface area contributed by atoms with Crippen molar-refractivity contribution in [2.75, 3.05) is 22.9 Å². The molecule has 2 aromatic heterocycles. The van der Waals surface area contributed by atoms with E-state index in [0.29, 0.717) is 16.9 Å². The van der Waals surface area contributed by atoms with Crippen LogP contribution in [0.5, 0.6) is 0 Å². The normalized spacial score (nSPS) is 11.3. The first kappa shape index (κ1) is 24.5. The lowest BCUT2D eigenvalue weighted by Gasteiger charge is -2.11. The molecule has 0 bridgehead atoms. The summed E-state index contributed by atoms with van der Waals surface area (Å²) in [6.07, 6.45) is -1.28. The fourth-order valence-corrected chi connectivity index (χ4v) is 3.66. The second kappa shape index (κ2) is 9.94. The molecule has 0 spiro atoms. The predicted octanol–water partition coefficient (Wildman–Crippen LogP) is 4.48. The summed E-state index contributed by atoms with van der Waals surface area (Å²) in [6, 6.07) is 13.4. The number of nitrogens with one attached hydrogen (secondary N) is 3. The van der Waals surface area contributed by atoms with E-state index < -0.39 is 24.7 Å². The number of hydrogen-bond acceptors (Lipinski definition) is 5. The van der Waals surface area contributed by atoms with Gasteiger partial charge in [0.25, 0.3) is 5.91 Å². The number of amides is 3. The van der Waals surface area contributed by atoms with E-state index in [9.17, 15) is 22.8 Å². The number of aromatic nitrogens is 3. The largest absolute Gasteiger partial charge is 0.405 e. The molecular formula is C24H22F3N7O2. The molecule has 0 atom stereocenters. The van der Waals surface area contributed by atoms with Crippen molar-refractivity contribution >= 4 is 34.6 Å². The van der Waals surface area contributed by atoms with E-state index in [1.165, 1.54) is 17.0 Å². The molecule has 0 aliphatic carbocycles. The SMILES string of the molecule is CCc1cccc(NC(=O)Nc2ccc(-c3c(C(=O)NCC(F)(F)F)cn4ncnc(N)c34)cc2)c1. The summed E-state index contributed by atoms with van der Waals surface area (Å²) in [6.45, 7) is 0.526. The standard InChI is InChI=1S/C24H22F3N7O2/c1-2-14-4-3-5-17(10-14)33-23(36)32-16-8-6-15(7-9-16)19-18(22(35)29-12-24(25,26)27)11-34-20(19)21(28)30-13-31-34/h3-11,13H,2,12H2,1H3,(H,29,35)(H2,28,30,31)(H2,32,33,36). The Bertz CT molecular complexity index is 1420. The van der Waals surface area contributed by atoms with Gasteiger partial charge >= 0.3 is 12.2 Å². The number of nitrogen functional groups attached to an aromatic ring is 1. The average molecular weight is 497 g/mol. The fraction of sp³-hybridized carbons (Fsp3) is 0.167. The summed E-state index contributed by atoms with van der Waals surface area (Å²) in [5, 5.41) is 11.3. The number of benzene rings is 2. The molecule has 2 heterocycles. The Morgan fingerprint density at radius 1 is 1.06 bits per heavy atom. The summed E-state index contributed by atoms with van der Waals surface area (Å²) >= 11 is 0. The number of anilines is 3. The smallest absolute Gasteiger partial charge is 0.382 e. The Balaban J connectivity index is 1.59. The van der Waals surface area contributed by atoms with Crippen LogP contribution in [0.1, 0.15) is 22.8 Å². The van der Waals surface area contributed by atoms with Crippen molar-refractivity contribution in [2.45, 2.75) is 19.5 Å². The van der Waals surface area contributed by atoms with E-state index in [1.807, 2.05) is 30.4 Å². The lowest BCUT2D eigenvalue weighted by atomic mass is 10.0. The van der Waals surface area contributed by atoms with Crippen LogP contribution in [0.15, 0.2) is 61.1 Å². The zero-order valence-corrected chi connectivity index (χ0v) is 19.1. The van der Waals surface area contributed by atoms with Crippen LogP contribution in [0.2, 0.25) is 0 Å². The molecule has 12 heteroatoms. The van der Waals surface area contributed by atoms with Gasteiger partial charge in [-0.15, -0.1) is 0 Å². The van der Waals surface area contributed by atoms with Crippen LogP contribution in [0.3, 0.4) is 0 Å². The Hall–Kier alpha value is -4.61. The highest BCUT2D eigenvalue weighted by Crippen LogP contribution is 2.33. The number of urea groups is 1. The first-order chi connectivity index (χ1) is 17.1. The van der Waals surface area contributed by atoms with E-state index >= 15 is 0 Å². The van der Waals surface area contributed by atoms with Gasteiger partial charge < -0.3 is 21.7 Å². The minimum atomic E-state index is -4.57. The van der Waals surface area contributed by atoms with Gasteiger partial charge in [-0.05, 0) is 41.8 Å². The molecule has 0 aliphatic rings. The number of carbonyl (C=O) groups excluding carboxylic acids is 2. The van der Waals surface area contributed by atoms with Gasteiger partial charge in [0, 0.05) is 23.1 Å². The van der Waals surface area contributed by atoms with Gasteiger partial charge in [-0.25, -0.2) is 14.3 Å². The van der Waals surface area contributed by atoms with Crippen LogP contribution < -0.4 is 21.7 Å². The summed E-state index contributed by atoms with van der Waals surface area (Å²) in [5.41, 5.74) is 9.12. The molecule has 4 rings (SSSR count). The molecular weight excluding hydrogens is 475 g/mol. The number of nitrogens with two attached hydrogens (primary N) is 1. The predicted molar refractivity (Wildman–Crippen MR) is 130 cm³/mol. The van der Waals surface area contributed by atoms with Crippen molar-refractivity contribution in [1.82, 2.24) is 19.9 Å². The molecule has 5 N–H and O–H groups in total. The van der Waals surface area contributed by atoms with E-state index in [-0.39, 0.29) is 22.5 Å². The van der Waals surface area contributed by atoms with Crippen molar-refractivity contribution in [3.63, 3.8) is 0 Å². The number of aryl methyl sites for hydroxylation is 1. The second-order valence-electron chi connectivity index (χ2n) is 7.86. The van der Waals surface area contributed by atoms with Crippen LogP contribution in [0.25, 0.3) is 16.6 Å². The molecule has 0 aliphatic heterocycles. The highest BCUT2D eigenvalue weighted by atomic mass is 19.4. The number of carbonyl (C=O) groups is 2. The van der Waals surface area contributed by atoms with Crippen molar-refractivity contribution in [2.24, 2.45) is 0 Å². The summed E-state index contributed by atoms with van der Waals surface area (Å²) in [7, 11) is 0. The van der Waals surface area contributed by atoms with Crippen LogP contribution >= 0.6 is 0 Å². The van der Waals surface area contributed by atoms with E-state index in [0.717, 1.165) is 12.0 Å². The zero-order chi connectivity index (χ0) is 25.9. The maximum Gasteiger partial charge on any atom is 0.405 e. The molecule has 0 radical (unpaired) electrons. The maximum atomic E-state index is 12.6. The van der Waals surface area contributed by atoms with Gasteiger partial charge in [0.1, 0.15) is 18.4 Å². The third-order valence-electron chi connectivity index (χ3n) is 5.32. The molecule has 186 valence electrons.